The number of nitrogens with zero attached hydrogens (tertiary/aromatic N) is 3. The monoisotopic (exact) mass is 285 g/mol. The summed E-state index contributed by atoms with van der Waals surface area (Å²) >= 11 is 0. The van der Waals surface area contributed by atoms with E-state index in [9.17, 15) is 4.79 Å². The third-order valence-corrected chi connectivity index (χ3v) is 3.91. The number of carboxylic acids is 1. The molecule has 0 atom stereocenters. The fraction of sp³-hybridized carbons (Fsp3) is 0.438. The Kier molecular flexibility index (Phi) is 3.49. The molecule has 1 aliphatic carbocycles. The van der Waals surface area contributed by atoms with Crippen molar-refractivity contribution in [2.75, 3.05) is 11.4 Å². The molecule has 0 spiro atoms. The summed E-state index contributed by atoms with van der Waals surface area (Å²) in [6.07, 6.45) is 4.09. The molecule has 0 bridgehead atoms. The van der Waals surface area contributed by atoms with Crippen molar-refractivity contribution in [1.82, 2.24) is 9.97 Å². The lowest BCUT2D eigenvalue weighted by Crippen LogP contribution is -2.33. The Morgan fingerprint density at radius 3 is 2.76 bits per heavy atom. The second-order valence-electron chi connectivity index (χ2n) is 5.92. The van der Waals surface area contributed by atoms with Gasteiger partial charge in [0.05, 0.1) is 11.1 Å². The number of hydrogen-bond donors (Lipinski definition) is 1. The van der Waals surface area contributed by atoms with Crippen LogP contribution in [0.15, 0.2) is 24.5 Å². The molecule has 1 N–H and O–H groups in total. The van der Waals surface area contributed by atoms with Crippen molar-refractivity contribution in [2.24, 2.45) is 5.92 Å². The van der Waals surface area contributed by atoms with Gasteiger partial charge in [0, 0.05) is 18.0 Å². The number of aromatic carboxylic acids is 1. The van der Waals surface area contributed by atoms with E-state index in [0.29, 0.717) is 11.6 Å². The fourth-order valence-electron chi connectivity index (χ4n) is 2.53. The molecule has 1 aromatic heterocycles. The van der Waals surface area contributed by atoms with Crippen molar-refractivity contribution >= 4 is 22.7 Å². The molecule has 21 heavy (non-hydrogen) atoms. The van der Waals surface area contributed by atoms with Crippen molar-refractivity contribution in [3.63, 3.8) is 0 Å². The van der Waals surface area contributed by atoms with Gasteiger partial charge in [0.15, 0.2) is 0 Å². The molecule has 5 heteroatoms. The predicted molar refractivity (Wildman–Crippen MR) is 81.7 cm³/mol. The molecule has 0 radical (unpaired) electrons. The molecule has 2 aromatic rings. The van der Waals surface area contributed by atoms with E-state index in [1.54, 1.807) is 12.1 Å². The van der Waals surface area contributed by atoms with E-state index in [1.807, 2.05) is 6.07 Å². The summed E-state index contributed by atoms with van der Waals surface area (Å²) < 4.78 is 0. The van der Waals surface area contributed by atoms with E-state index in [-0.39, 0.29) is 5.56 Å². The highest BCUT2D eigenvalue weighted by atomic mass is 16.4. The Labute approximate surface area is 123 Å². The largest absolute Gasteiger partial charge is 0.478 e. The number of anilines is 1. The first-order chi connectivity index (χ1) is 10.1. The highest BCUT2D eigenvalue weighted by molar-refractivity contribution is 5.96. The summed E-state index contributed by atoms with van der Waals surface area (Å²) in [4.78, 5) is 22.0. The van der Waals surface area contributed by atoms with E-state index < -0.39 is 5.97 Å². The SMILES string of the molecule is CC(C)N(CC1CC1)c1ncnc2cc(C(=O)O)ccc12. The minimum Gasteiger partial charge on any atom is -0.478 e. The highest BCUT2D eigenvalue weighted by Gasteiger charge is 2.27. The van der Waals surface area contributed by atoms with Crippen LogP contribution in [0, 0.1) is 5.92 Å². The van der Waals surface area contributed by atoms with Crippen LogP contribution in [0.2, 0.25) is 0 Å². The molecule has 3 rings (SSSR count). The molecule has 1 aromatic carbocycles. The maximum atomic E-state index is 11.1. The minimum absolute atomic E-state index is 0.255. The van der Waals surface area contributed by atoms with Gasteiger partial charge in [-0.25, -0.2) is 14.8 Å². The van der Waals surface area contributed by atoms with Gasteiger partial charge < -0.3 is 10.0 Å². The molecular weight excluding hydrogens is 266 g/mol. The molecule has 1 heterocycles. The van der Waals surface area contributed by atoms with Crippen LogP contribution in [0.5, 0.6) is 0 Å². The zero-order valence-corrected chi connectivity index (χ0v) is 12.3. The first-order valence-electron chi connectivity index (χ1n) is 7.31. The summed E-state index contributed by atoms with van der Waals surface area (Å²) in [5.74, 6) is 0.727. The van der Waals surface area contributed by atoms with Crippen LogP contribution in [0.3, 0.4) is 0 Å². The molecule has 1 saturated carbocycles. The molecule has 110 valence electrons. The molecular formula is C16H19N3O2. The predicted octanol–water partition coefficient (Wildman–Crippen LogP) is 2.95. The van der Waals surface area contributed by atoms with Gasteiger partial charge in [-0.05, 0) is 50.8 Å². The van der Waals surface area contributed by atoms with E-state index in [2.05, 4.69) is 28.7 Å². The number of rotatable bonds is 5. The highest BCUT2D eigenvalue weighted by Crippen LogP contribution is 2.33. The Balaban J connectivity index is 2.06. The molecule has 1 aliphatic rings. The van der Waals surface area contributed by atoms with Gasteiger partial charge in [-0.1, -0.05) is 0 Å². The van der Waals surface area contributed by atoms with Crippen LogP contribution < -0.4 is 4.90 Å². The Morgan fingerprint density at radius 2 is 2.14 bits per heavy atom. The van der Waals surface area contributed by atoms with Crippen molar-refractivity contribution < 1.29 is 9.90 Å². The fourth-order valence-corrected chi connectivity index (χ4v) is 2.53. The number of hydrogen-bond acceptors (Lipinski definition) is 4. The van der Waals surface area contributed by atoms with Crippen LogP contribution in [0.4, 0.5) is 5.82 Å². The molecule has 0 unspecified atom stereocenters. The third kappa shape index (κ3) is 2.82. The quantitative estimate of drug-likeness (QED) is 0.915. The Morgan fingerprint density at radius 1 is 1.38 bits per heavy atom. The average molecular weight is 285 g/mol. The molecule has 0 saturated heterocycles. The van der Waals surface area contributed by atoms with E-state index in [0.717, 1.165) is 23.7 Å². The topological polar surface area (TPSA) is 66.3 Å². The minimum atomic E-state index is -0.934. The number of benzene rings is 1. The lowest BCUT2D eigenvalue weighted by molar-refractivity contribution is 0.0697. The summed E-state index contributed by atoms with van der Waals surface area (Å²) in [5.41, 5.74) is 0.937. The number of aromatic nitrogens is 2. The molecule has 1 fully saturated rings. The smallest absolute Gasteiger partial charge is 0.335 e. The van der Waals surface area contributed by atoms with Crippen molar-refractivity contribution in [1.29, 1.82) is 0 Å². The average Bonchev–Trinajstić information content (AvgIpc) is 3.27. The molecule has 5 nitrogen and oxygen atoms in total. The van der Waals surface area contributed by atoms with Gasteiger partial charge >= 0.3 is 5.97 Å². The van der Waals surface area contributed by atoms with Crippen LogP contribution in [-0.4, -0.2) is 33.6 Å². The number of carboxylic acid groups (broad SMARTS) is 1. The van der Waals surface area contributed by atoms with Gasteiger partial charge in [0.25, 0.3) is 0 Å². The van der Waals surface area contributed by atoms with Crippen molar-refractivity contribution in [3.05, 3.63) is 30.1 Å². The second-order valence-corrected chi connectivity index (χ2v) is 5.92. The summed E-state index contributed by atoms with van der Waals surface area (Å²) in [7, 11) is 0. The second kappa shape index (κ2) is 5.31. The molecule has 0 amide bonds. The van der Waals surface area contributed by atoms with Gasteiger partial charge in [-0.2, -0.15) is 0 Å². The standard InChI is InChI=1S/C16H19N3O2/c1-10(2)19(8-11-3-4-11)15-13-6-5-12(16(20)21)7-14(13)17-9-18-15/h5-7,9-11H,3-4,8H2,1-2H3,(H,20,21). The van der Waals surface area contributed by atoms with Crippen molar-refractivity contribution in [2.45, 2.75) is 32.7 Å². The third-order valence-electron chi connectivity index (χ3n) is 3.91. The van der Waals surface area contributed by atoms with Crippen LogP contribution in [0.25, 0.3) is 10.9 Å². The van der Waals surface area contributed by atoms with Crippen LogP contribution in [0.1, 0.15) is 37.0 Å². The summed E-state index contributed by atoms with van der Waals surface area (Å²) in [5, 5.41) is 10.00. The lowest BCUT2D eigenvalue weighted by Gasteiger charge is -2.28. The maximum absolute atomic E-state index is 11.1. The first-order valence-corrected chi connectivity index (χ1v) is 7.31. The zero-order chi connectivity index (χ0) is 15.0. The normalized spacial score (nSPS) is 14.6. The number of carbonyl (C=O) groups is 1. The Bertz CT molecular complexity index is 680. The van der Waals surface area contributed by atoms with E-state index >= 15 is 0 Å². The lowest BCUT2D eigenvalue weighted by atomic mass is 10.1. The Hall–Kier alpha value is -2.17. The van der Waals surface area contributed by atoms with Gasteiger partial charge in [0.1, 0.15) is 12.1 Å². The summed E-state index contributed by atoms with van der Waals surface area (Å²) in [6, 6.07) is 5.39. The van der Waals surface area contributed by atoms with Crippen LogP contribution in [-0.2, 0) is 0 Å². The van der Waals surface area contributed by atoms with E-state index in [1.165, 1.54) is 19.2 Å². The van der Waals surface area contributed by atoms with Gasteiger partial charge in [-0.3, -0.25) is 0 Å². The first kappa shape index (κ1) is 13.8. The maximum Gasteiger partial charge on any atom is 0.335 e. The van der Waals surface area contributed by atoms with Gasteiger partial charge in [0.2, 0.25) is 0 Å². The van der Waals surface area contributed by atoms with Crippen molar-refractivity contribution in [3.8, 4) is 0 Å². The summed E-state index contributed by atoms with van der Waals surface area (Å²) in [6.45, 7) is 5.31. The van der Waals surface area contributed by atoms with Crippen LogP contribution >= 0.6 is 0 Å². The van der Waals surface area contributed by atoms with Gasteiger partial charge in [-0.15, -0.1) is 0 Å². The van der Waals surface area contributed by atoms with E-state index in [4.69, 9.17) is 5.11 Å². The zero-order valence-electron chi connectivity index (χ0n) is 12.3. The molecule has 0 aliphatic heterocycles. The number of fused-ring (bicyclic) bond motifs is 1.